The van der Waals surface area contributed by atoms with E-state index in [0.717, 1.165) is 12.0 Å². The number of rotatable bonds is 7. The molecule has 1 aromatic heterocycles. The van der Waals surface area contributed by atoms with Gasteiger partial charge in [0.25, 0.3) is 0 Å². The summed E-state index contributed by atoms with van der Waals surface area (Å²) in [5.74, 6) is 0.622. The number of hydrogen-bond donors (Lipinski definition) is 0. The number of carbonyl (C=O) groups excluding carboxylic acids is 1. The van der Waals surface area contributed by atoms with Crippen LogP contribution in [0.2, 0.25) is 0 Å². The molecular weight excluding hydrogens is 372 g/mol. The predicted octanol–water partition coefficient (Wildman–Crippen LogP) is 5.00. The summed E-state index contributed by atoms with van der Waals surface area (Å²) in [5, 5.41) is 0.359. The van der Waals surface area contributed by atoms with E-state index >= 15 is 0 Å². The number of benzene rings is 2. The predicted molar refractivity (Wildman–Crippen MR) is 110 cm³/mol. The van der Waals surface area contributed by atoms with E-state index in [0.29, 0.717) is 22.5 Å². The maximum Gasteiger partial charge on any atom is 0.347 e. The highest BCUT2D eigenvalue weighted by Gasteiger charge is 2.19. The van der Waals surface area contributed by atoms with E-state index in [1.54, 1.807) is 31.2 Å². The summed E-state index contributed by atoms with van der Waals surface area (Å²) in [6, 6.07) is 12.2. The van der Waals surface area contributed by atoms with E-state index in [2.05, 4.69) is 0 Å². The smallest absolute Gasteiger partial charge is 0.347 e. The van der Waals surface area contributed by atoms with Crippen molar-refractivity contribution in [1.29, 1.82) is 0 Å². The molecule has 152 valence electrons. The van der Waals surface area contributed by atoms with Crippen LogP contribution in [0.1, 0.15) is 32.8 Å². The molecule has 6 nitrogen and oxygen atoms in total. The standard InChI is InChI=1S/C23H24O6/c1-5-15(3)27-23(25)16(4)28-18-9-10-19-20(12-18)26-13-21(22(19)24)29-17-8-6-7-14(2)11-17/h6-13,15-16H,5H2,1-4H3/t15-,16-/m1/s1. The summed E-state index contributed by atoms with van der Waals surface area (Å²) in [6.07, 6.45) is 1.05. The number of carbonyl (C=O) groups is 1. The Bertz CT molecular complexity index is 1070. The van der Waals surface area contributed by atoms with Crippen LogP contribution in [-0.4, -0.2) is 18.2 Å². The molecular formula is C23H24O6. The lowest BCUT2D eigenvalue weighted by molar-refractivity contribution is -0.155. The zero-order chi connectivity index (χ0) is 21.0. The molecule has 0 aliphatic carbocycles. The quantitative estimate of drug-likeness (QED) is 0.523. The summed E-state index contributed by atoms with van der Waals surface area (Å²) in [6.45, 7) is 7.32. The highest BCUT2D eigenvalue weighted by atomic mass is 16.6. The molecule has 0 aliphatic rings. The summed E-state index contributed by atoms with van der Waals surface area (Å²) < 4.78 is 22.2. The van der Waals surface area contributed by atoms with Gasteiger partial charge in [0, 0.05) is 6.07 Å². The molecule has 0 bridgehead atoms. The molecule has 0 radical (unpaired) electrons. The van der Waals surface area contributed by atoms with Crippen LogP contribution in [0, 0.1) is 6.92 Å². The average Bonchev–Trinajstić information content (AvgIpc) is 2.70. The van der Waals surface area contributed by atoms with Crippen molar-refractivity contribution in [3.63, 3.8) is 0 Å². The molecule has 0 saturated carbocycles. The van der Waals surface area contributed by atoms with Crippen LogP contribution in [0.25, 0.3) is 11.0 Å². The van der Waals surface area contributed by atoms with Crippen LogP contribution < -0.4 is 14.9 Å². The number of ether oxygens (including phenoxy) is 3. The summed E-state index contributed by atoms with van der Waals surface area (Å²) in [4.78, 5) is 24.8. The SMILES string of the molecule is CC[C@@H](C)OC(=O)[C@@H](C)Oc1ccc2c(=O)c(Oc3cccc(C)c3)coc2c1. The van der Waals surface area contributed by atoms with Gasteiger partial charge in [-0.05, 0) is 57.0 Å². The molecule has 0 aliphatic heterocycles. The number of fused-ring (bicyclic) bond motifs is 1. The Labute approximate surface area is 169 Å². The Balaban J connectivity index is 1.79. The number of hydrogen-bond acceptors (Lipinski definition) is 6. The van der Waals surface area contributed by atoms with E-state index in [9.17, 15) is 9.59 Å². The van der Waals surface area contributed by atoms with E-state index < -0.39 is 12.1 Å². The van der Waals surface area contributed by atoms with Crippen LogP contribution in [0.15, 0.2) is 57.9 Å². The first kappa shape index (κ1) is 20.5. The molecule has 29 heavy (non-hydrogen) atoms. The third-order valence-electron chi connectivity index (χ3n) is 4.47. The van der Waals surface area contributed by atoms with Crippen molar-refractivity contribution in [3.05, 3.63) is 64.5 Å². The average molecular weight is 396 g/mol. The van der Waals surface area contributed by atoms with E-state index in [1.165, 1.54) is 6.26 Å². The van der Waals surface area contributed by atoms with Gasteiger partial charge in [0.2, 0.25) is 11.2 Å². The van der Waals surface area contributed by atoms with E-state index in [1.807, 2.05) is 39.0 Å². The zero-order valence-corrected chi connectivity index (χ0v) is 16.9. The molecule has 3 rings (SSSR count). The molecule has 3 aromatic rings. The summed E-state index contributed by atoms with van der Waals surface area (Å²) in [5.41, 5.74) is 1.07. The topological polar surface area (TPSA) is 75.0 Å². The number of aryl methyl sites for hydroxylation is 1. The minimum absolute atomic E-state index is 0.0993. The van der Waals surface area contributed by atoms with Gasteiger partial charge >= 0.3 is 5.97 Å². The minimum Gasteiger partial charge on any atom is -0.479 e. The zero-order valence-electron chi connectivity index (χ0n) is 16.9. The number of esters is 1. The first-order chi connectivity index (χ1) is 13.9. The van der Waals surface area contributed by atoms with Crippen molar-refractivity contribution in [2.45, 2.75) is 46.3 Å². The van der Waals surface area contributed by atoms with Crippen molar-refractivity contribution in [1.82, 2.24) is 0 Å². The molecule has 2 aromatic carbocycles. The van der Waals surface area contributed by atoms with Crippen molar-refractivity contribution < 1.29 is 23.4 Å². The van der Waals surface area contributed by atoms with Gasteiger partial charge in [-0.2, -0.15) is 0 Å². The second-order valence-corrected chi connectivity index (χ2v) is 6.92. The van der Waals surface area contributed by atoms with E-state index in [4.69, 9.17) is 18.6 Å². The van der Waals surface area contributed by atoms with Gasteiger partial charge in [-0.3, -0.25) is 4.79 Å². The van der Waals surface area contributed by atoms with Crippen molar-refractivity contribution in [2.24, 2.45) is 0 Å². The van der Waals surface area contributed by atoms with Crippen LogP contribution in [0.5, 0.6) is 17.2 Å². The molecule has 0 saturated heterocycles. The molecule has 0 fully saturated rings. The molecule has 0 unspecified atom stereocenters. The second kappa shape index (κ2) is 8.82. The fourth-order valence-corrected chi connectivity index (χ4v) is 2.67. The van der Waals surface area contributed by atoms with Gasteiger partial charge < -0.3 is 18.6 Å². The molecule has 1 heterocycles. The Morgan fingerprint density at radius 2 is 1.90 bits per heavy atom. The Morgan fingerprint density at radius 1 is 1.10 bits per heavy atom. The van der Waals surface area contributed by atoms with Gasteiger partial charge in [0.15, 0.2) is 6.10 Å². The third kappa shape index (κ3) is 4.96. The molecule has 0 spiro atoms. The lowest BCUT2D eigenvalue weighted by atomic mass is 10.2. The Kier molecular flexibility index (Phi) is 6.22. The van der Waals surface area contributed by atoms with Crippen LogP contribution in [0.4, 0.5) is 0 Å². The summed E-state index contributed by atoms with van der Waals surface area (Å²) in [7, 11) is 0. The minimum atomic E-state index is -0.780. The molecule has 0 N–H and O–H groups in total. The lowest BCUT2D eigenvalue weighted by Gasteiger charge is -2.17. The highest BCUT2D eigenvalue weighted by Crippen LogP contribution is 2.25. The third-order valence-corrected chi connectivity index (χ3v) is 4.47. The first-order valence-electron chi connectivity index (χ1n) is 9.54. The van der Waals surface area contributed by atoms with Gasteiger partial charge in [-0.25, -0.2) is 4.79 Å². The summed E-state index contributed by atoms with van der Waals surface area (Å²) >= 11 is 0. The largest absolute Gasteiger partial charge is 0.479 e. The highest BCUT2D eigenvalue weighted by molar-refractivity contribution is 5.79. The van der Waals surface area contributed by atoms with Gasteiger partial charge in [0.05, 0.1) is 11.5 Å². The van der Waals surface area contributed by atoms with Gasteiger partial charge in [-0.15, -0.1) is 0 Å². The first-order valence-corrected chi connectivity index (χ1v) is 9.54. The van der Waals surface area contributed by atoms with Gasteiger partial charge in [-0.1, -0.05) is 19.1 Å². The lowest BCUT2D eigenvalue weighted by Crippen LogP contribution is -2.29. The maximum absolute atomic E-state index is 12.7. The van der Waals surface area contributed by atoms with Crippen LogP contribution in [0.3, 0.4) is 0 Å². The van der Waals surface area contributed by atoms with Crippen molar-refractivity contribution in [3.8, 4) is 17.2 Å². The fourth-order valence-electron chi connectivity index (χ4n) is 2.67. The monoisotopic (exact) mass is 396 g/mol. The maximum atomic E-state index is 12.7. The van der Waals surface area contributed by atoms with Crippen LogP contribution >= 0.6 is 0 Å². The molecule has 2 atom stereocenters. The van der Waals surface area contributed by atoms with Crippen molar-refractivity contribution >= 4 is 16.9 Å². The normalized spacial score (nSPS) is 13.0. The molecule has 0 amide bonds. The van der Waals surface area contributed by atoms with Gasteiger partial charge in [0.1, 0.15) is 23.3 Å². The van der Waals surface area contributed by atoms with Crippen molar-refractivity contribution in [2.75, 3.05) is 0 Å². The Hall–Kier alpha value is -3.28. The van der Waals surface area contributed by atoms with E-state index in [-0.39, 0.29) is 17.3 Å². The Morgan fingerprint density at radius 3 is 2.62 bits per heavy atom. The second-order valence-electron chi connectivity index (χ2n) is 6.92. The van der Waals surface area contributed by atoms with Crippen LogP contribution in [-0.2, 0) is 9.53 Å². The molecule has 6 heteroatoms. The fraction of sp³-hybridized carbons (Fsp3) is 0.304.